The minimum absolute atomic E-state index is 0.0524. The molecule has 1 fully saturated rings. The van der Waals surface area contributed by atoms with Crippen molar-refractivity contribution in [3.63, 3.8) is 0 Å². The number of benzene rings is 2. The molecule has 1 saturated heterocycles. The summed E-state index contributed by atoms with van der Waals surface area (Å²) in [5.74, 6) is -1.35. The van der Waals surface area contributed by atoms with E-state index >= 15 is 0 Å². The topological polar surface area (TPSA) is 86.7 Å². The minimum Gasteiger partial charge on any atom is -0.481 e. The van der Waals surface area contributed by atoms with Crippen LogP contribution in [0.1, 0.15) is 42.6 Å². The number of likely N-dealkylation sites (tertiary alicyclic amines) is 1. The Morgan fingerprint density at radius 2 is 1.69 bits per heavy atom. The Morgan fingerprint density at radius 1 is 1.03 bits per heavy atom. The summed E-state index contributed by atoms with van der Waals surface area (Å²) in [6, 6.07) is 16.0. The van der Waals surface area contributed by atoms with Crippen LogP contribution in [0.4, 0.5) is 5.69 Å². The SMILES string of the molecule is CC(C)(C(=O)O)c1ccc(NC(=O)C2CCCN(C(=O)c3ccccc3)C2)cc1. The maximum absolute atomic E-state index is 12.7. The molecular weight excluding hydrogens is 368 g/mol. The molecule has 0 bridgehead atoms. The van der Waals surface area contributed by atoms with Crippen molar-refractivity contribution < 1.29 is 19.5 Å². The third-order valence-electron chi connectivity index (χ3n) is 5.51. The first-order valence-corrected chi connectivity index (χ1v) is 9.78. The highest BCUT2D eigenvalue weighted by molar-refractivity contribution is 5.96. The highest BCUT2D eigenvalue weighted by Gasteiger charge is 2.30. The van der Waals surface area contributed by atoms with Gasteiger partial charge in [0.1, 0.15) is 0 Å². The average molecular weight is 394 g/mol. The van der Waals surface area contributed by atoms with Crippen LogP contribution in [0.2, 0.25) is 0 Å². The summed E-state index contributed by atoms with van der Waals surface area (Å²) in [5.41, 5.74) is 0.918. The molecular formula is C23H26N2O4. The third-order valence-corrected chi connectivity index (χ3v) is 5.51. The molecule has 2 N–H and O–H groups in total. The molecule has 2 aromatic carbocycles. The number of carbonyl (C=O) groups is 3. The number of rotatable bonds is 5. The van der Waals surface area contributed by atoms with Gasteiger partial charge in [0.15, 0.2) is 0 Å². The van der Waals surface area contributed by atoms with Gasteiger partial charge < -0.3 is 15.3 Å². The van der Waals surface area contributed by atoms with Crippen molar-refractivity contribution >= 4 is 23.5 Å². The lowest BCUT2D eigenvalue weighted by Gasteiger charge is -2.32. The molecule has 1 heterocycles. The predicted octanol–water partition coefficient (Wildman–Crippen LogP) is 3.54. The molecule has 1 atom stereocenters. The van der Waals surface area contributed by atoms with E-state index in [4.69, 9.17) is 0 Å². The van der Waals surface area contributed by atoms with Crippen molar-refractivity contribution in [2.45, 2.75) is 32.1 Å². The van der Waals surface area contributed by atoms with E-state index in [1.165, 1.54) is 0 Å². The van der Waals surface area contributed by atoms with E-state index < -0.39 is 11.4 Å². The van der Waals surface area contributed by atoms with Crippen LogP contribution in [-0.2, 0) is 15.0 Å². The van der Waals surface area contributed by atoms with Crippen LogP contribution in [0.5, 0.6) is 0 Å². The summed E-state index contributed by atoms with van der Waals surface area (Å²) in [4.78, 5) is 38.5. The van der Waals surface area contributed by atoms with E-state index in [1.807, 2.05) is 18.2 Å². The van der Waals surface area contributed by atoms with Gasteiger partial charge >= 0.3 is 5.97 Å². The number of amides is 2. The number of piperidine rings is 1. The largest absolute Gasteiger partial charge is 0.481 e. The lowest BCUT2D eigenvalue weighted by atomic mass is 9.85. The molecule has 0 aromatic heterocycles. The molecule has 29 heavy (non-hydrogen) atoms. The normalized spacial score (nSPS) is 16.9. The number of aliphatic carboxylic acids is 1. The monoisotopic (exact) mass is 394 g/mol. The highest BCUT2D eigenvalue weighted by atomic mass is 16.4. The molecule has 0 radical (unpaired) electrons. The third kappa shape index (κ3) is 4.65. The van der Waals surface area contributed by atoms with Crippen LogP contribution in [0.3, 0.4) is 0 Å². The maximum Gasteiger partial charge on any atom is 0.313 e. The number of anilines is 1. The van der Waals surface area contributed by atoms with Crippen LogP contribution >= 0.6 is 0 Å². The fourth-order valence-electron chi connectivity index (χ4n) is 3.48. The van der Waals surface area contributed by atoms with Crippen molar-refractivity contribution in [2.75, 3.05) is 18.4 Å². The summed E-state index contributed by atoms with van der Waals surface area (Å²) >= 11 is 0. The molecule has 0 saturated carbocycles. The summed E-state index contributed by atoms with van der Waals surface area (Å²) in [6.45, 7) is 4.33. The zero-order chi connectivity index (χ0) is 21.0. The Hall–Kier alpha value is -3.15. The summed E-state index contributed by atoms with van der Waals surface area (Å²) in [7, 11) is 0. The number of hydrogen-bond acceptors (Lipinski definition) is 3. The number of carbonyl (C=O) groups excluding carboxylic acids is 2. The van der Waals surface area contributed by atoms with Crippen molar-refractivity contribution in [3.05, 3.63) is 65.7 Å². The Balaban J connectivity index is 1.63. The lowest BCUT2D eigenvalue weighted by molar-refractivity contribution is -0.142. The summed E-state index contributed by atoms with van der Waals surface area (Å²) < 4.78 is 0. The van der Waals surface area contributed by atoms with E-state index in [0.29, 0.717) is 29.9 Å². The highest BCUT2D eigenvalue weighted by Crippen LogP contribution is 2.26. The fraction of sp³-hybridized carbons (Fsp3) is 0.348. The van der Waals surface area contributed by atoms with Gasteiger partial charge in [0.25, 0.3) is 5.91 Å². The van der Waals surface area contributed by atoms with Gasteiger partial charge in [-0.05, 0) is 56.5 Å². The van der Waals surface area contributed by atoms with E-state index in [0.717, 1.165) is 12.8 Å². The molecule has 1 unspecified atom stereocenters. The molecule has 1 aliphatic rings. The molecule has 2 amide bonds. The van der Waals surface area contributed by atoms with Gasteiger partial charge in [-0.3, -0.25) is 14.4 Å². The smallest absolute Gasteiger partial charge is 0.313 e. The molecule has 2 aromatic rings. The Kier molecular flexibility index (Phi) is 6.01. The maximum atomic E-state index is 12.7. The quantitative estimate of drug-likeness (QED) is 0.812. The van der Waals surface area contributed by atoms with Gasteiger partial charge in [-0.2, -0.15) is 0 Å². The van der Waals surface area contributed by atoms with Crippen molar-refractivity contribution in [2.24, 2.45) is 5.92 Å². The number of nitrogens with zero attached hydrogens (tertiary/aromatic N) is 1. The van der Waals surface area contributed by atoms with E-state index in [1.54, 1.807) is 55.1 Å². The van der Waals surface area contributed by atoms with E-state index in [9.17, 15) is 19.5 Å². The lowest BCUT2D eigenvalue weighted by Crippen LogP contribution is -2.43. The molecule has 6 nitrogen and oxygen atoms in total. The van der Waals surface area contributed by atoms with Gasteiger partial charge in [-0.15, -0.1) is 0 Å². The second kappa shape index (κ2) is 8.47. The van der Waals surface area contributed by atoms with Crippen LogP contribution < -0.4 is 5.32 Å². The number of carboxylic acids is 1. The minimum atomic E-state index is -0.996. The summed E-state index contributed by atoms with van der Waals surface area (Å²) in [6.07, 6.45) is 1.51. The number of hydrogen-bond donors (Lipinski definition) is 2. The number of carboxylic acid groups (broad SMARTS) is 1. The predicted molar refractivity (Wildman–Crippen MR) is 111 cm³/mol. The van der Waals surface area contributed by atoms with Gasteiger partial charge in [0.2, 0.25) is 5.91 Å². The number of nitrogens with one attached hydrogen (secondary N) is 1. The van der Waals surface area contributed by atoms with E-state index in [2.05, 4.69) is 5.32 Å². The van der Waals surface area contributed by atoms with Crippen LogP contribution in [0, 0.1) is 5.92 Å². The first-order valence-electron chi connectivity index (χ1n) is 9.78. The Bertz CT molecular complexity index is 891. The van der Waals surface area contributed by atoms with Crippen LogP contribution in [-0.4, -0.2) is 40.9 Å². The molecule has 0 spiro atoms. The standard InChI is InChI=1S/C23H26N2O4/c1-23(2,22(28)29)18-10-12-19(13-11-18)24-20(26)17-9-6-14-25(15-17)21(27)16-7-4-3-5-8-16/h3-5,7-8,10-13,17H,6,9,14-15H2,1-2H3,(H,24,26)(H,28,29). The molecule has 0 aliphatic carbocycles. The molecule has 1 aliphatic heterocycles. The zero-order valence-electron chi connectivity index (χ0n) is 16.7. The van der Waals surface area contributed by atoms with E-state index in [-0.39, 0.29) is 17.7 Å². The van der Waals surface area contributed by atoms with Crippen molar-refractivity contribution in [1.29, 1.82) is 0 Å². The van der Waals surface area contributed by atoms with Gasteiger partial charge in [-0.25, -0.2) is 0 Å². The van der Waals surface area contributed by atoms with Crippen LogP contribution in [0.15, 0.2) is 54.6 Å². The fourth-order valence-corrected chi connectivity index (χ4v) is 3.48. The average Bonchev–Trinajstić information content (AvgIpc) is 2.74. The molecule has 3 rings (SSSR count). The first-order chi connectivity index (χ1) is 13.8. The second-order valence-corrected chi connectivity index (χ2v) is 7.95. The molecule has 152 valence electrons. The summed E-state index contributed by atoms with van der Waals surface area (Å²) in [5, 5.41) is 12.2. The van der Waals surface area contributed by atoms with Crippen LogP contribution in [0.25, 0.3) is 0 Å². The van der Waals surface area contributed by atoms with Gasteiger partial charge in [0.05, 0.1) is 11.3 Å². The van der Waals surface area contributed by atoms with Gasteiger partial charge in [-0.1, -0.05) is 30.3 Å². The Morgan fingerprint density at radius 3 is 2.31 bits per heavy atom. The zero-order valence-corrected chi connectivity index (χ0v) is 16.7. The first kappa shape index (κ1) is 20.6. The van der Waals surface area contributed by atoms with Crippen molar-refractivity contribution in [3.8, 4) is 0 Å². The van der Waals surface area contributed by atoms with Gasteiger partial charge in [0, 0.05) is 24.3 Å². The Labute approximate surface area is 170 Å². The van der Waals surface area contributed by atoms with Crippen molar-refractivity contribution in [1.82, 2.24) is 4.90 Å². The molecule has 6 heteroatoms. The second-order valence-electron chi connectivity index (χ2n) is 7.95.